The molecular formula is C27H27ClN2O2. The van der Waals surface area contributed by atoms with Gasteiger partial charge in [-0.3, -0.25) is 4.79 Å². The van der Waals surface area contributed by atoms with Crippen LogP contribution in [0.3, 0.4) is 0 Å². The van der Waals surface area contributed by atoms with Gasteiger partial charge in [0, 0.05) is 28.2 Å². The van der Waals surface area contributed by atoms with E-state index >= 15 is 0 Å². The van der Waals surface area contributed by atoms with Crippen LogP contribution in [0.15, 0.2) is 66.7 Å². The van der Waals surface area contributed by atoms with E-state index in [2.05, 4.69) is 41.9 Å². The number of nitrogens with one attached hydrogen (secondary N) is 1. The number of hydrogen-bond donors (Lipinski definition) is 1. The smallest absolute Gasteiger partial charge is 0.272 e. The summed E-state index contributed by atoms with van der Waals surface area (Å²) in [6.45, 7) is 7.42. The fourth-order valence-corrected chi connectivity index (χ4v) is 4.11. The van der Waals surface area contributed by atoms with Gasteiger partial charge in [0.25, 0.3) is 5.91 Å². The zero-order chi connectivity index (χ0) is 22.7. The molecule has 4 nitrogen and oxygen atoms in total. The summed E-state index contributed by atoms with van der Waals surface area (Å²) in [5.41, 5.74) is 5.86. The molecule has 0 bridgehead atoms. The number of carbonyl (C=O) groups excluding carboxylic acids is 1. The van der Waals surface area contributed by atoms with Gasteiger partial charge in [-0.05, 0) is 85.5 Å². The molecule has 0 saturated carbocycles. The SMILES string of the molecule is CCc1ccc2c(c1)c(C)c(C(=O)Nc1ccc(OCc3ccc(Cl)cc3)cc1)n2CC. The van der Waals surface area contributed by atoms with E-state index in [0.717, 1.165) is 46.4 Å². The monoisotopic (exact) mass is 446 g/mol. The van der Waals surface area contributed by atoms with Crippen LogP contribution in [0.4, 0.5) is 5.69 Å². The Morgan fingerprint density at radius 2 is 1.66 bits per heavy atom. The molecule has 1 N–H and O–H groups in total. The van der Waals surface area contributed by atoms with Crippen molar-refractivity contribution in [3.8, 4) is 5.75 Å². The largest absolute Gasteiger partial charge is 0.489 e. The second-order valence-corrected chi connectivity index (χ2v) is 8.25. The zero-order valence-corrected chi connectivity index (χ0v) is 19.4. The molecule has 0 spiro atoms. The van der Waals surface area contributed by atoms with Gasteiger partial charge in [-0.1, -0.05) is 36.7 Å². The molecule has 0 aliphatic carbocycles. The second kappa shape index (κ2) is 9.49. The minimum Gasteiger partial charge on any atom is -0.489 e. The molecule has 32 heavy (non-hydrogen) atoms. The van der Waals surface area contributed by atoms with Crippen LogP contribution in [0.2, 0.25) is 5.02 Å². The number of anilines is 1. The van der Waals surface area contributed by atoms with Crippen molar-refractivity contribution in [2.45, 2.75) is 40.3 Å². The van der Waals surface area contributed by atoms with Gasteiger partial charge in [0.05, 0.1) is 0 Å². The van der Waals surface area contributed by atoms with Crippen LogP contribution in [0.5, 0.6) is 5.75 Å². The first-order valence-corrected chi connectivity index (χ1v) is 11.3. The van der Waals surface area contributed by atoms with Gasteiger partial charge in [0.2, 0.25) is 0 Å². The third kappa shape index (κ3) is 4.51. The van der Waals surface area contributed by atoms with Crippen LogP contribution in [0, 0.1) is 6.92 Å². The number of benzene rings is 3. The lowest BCUT2D eigenvalue weighted by molar-refractivity contribution is 0.101. The van der Waals surface area contributed by atoms with Crippen molar-refractivity contribution >= 4 is 34.1 Å². The summed E-state index contributed by atoms with van der Waals surface area (Å²) in [6.07, 6.45) is 0.973. The highest BCUT2D eigenvalue weighted by molar-refractivity contribution is 6.30. The van der Waals surface area contributed by atoms with Crippen molar-refractivity contribution in [1.29, 1.82) is 0 Å². The van der Waals surface area contributed by atoms with E-state index < -0.39 is 0 Å². The molecule has 0 fully saturated rings. The summed E-state index contributed by atoms with van der Waals surface area (Å²) in [6, 6.07) is 21.5. The van der Waals surface area contributed by atoms with Crippen LogP contribution in [-0.2, 0) is 19.6 Å². The van der Waals surface area contributed by atoms with Crippen LogP contribution in [0.1, 0.15) is 41.0 Å². The maximum absolute atomic E-state index is 13.2. The molecule has 4 rings (SSSR count). The molecule has 1 aromatic heterocycles. The van der Waals surface area contributed by atoms with E-state index in [1.54, 1.807) is 0 Å². The maximum atomic E-state index is 13.2. The number of aromatic nitrogens is 1. The molecule has 0 aliphatic rings. The quantitative estimate of drug-likeness (QED) is 0.331. The summed E-state index contributed by atoms with van der Waals surface area (Å²) >= 11 is 5.92. The average Bonchev–Trinajstić information content (AvgIpc) is 3.10. The lowest BCUT2D eigenvalue weighted by Gasteiger charge is -2.11. The van der Waals surface area contributed by atoms with Crippen molar-refractivity contribution < 1.29 is 9.53 Å². The van der Waals surface area contributed by atoms with E-state index in [1.807, 2.05) is 55.5 Å². The Labute approximate surface area is 193 Å². The van der Waals surface area contributed by atoms with E-state index in [1.165, 1.54) is 5.56 Å². The van der Waals surface area contributed by atoms with E-state index in [9.17, 15) is 4.79 Å². The molecule has 0 unspecified atom stereocenters. The number of rotatable bonds is 7. The fourth-order valence-electron chi connectivity index (χ4n) is 3.98. The van der Waals surface area contributed by atoms with Crippen molar-refractivity contribution in [3.63, 3.8) is 0 Å². The molecule has 4 aromatic rings. The number of nitrogens with zero attached hydrogens (tertiary/aromatic N) is 1. The Balaban J connectivity index is 1.49. The van der Waals surface area contributed by atoms with Gasteiger partial charge < -0.3 is 14.6 Å². The summed E-state index contributed by atoms with van der Waals surface area (Å²) in [4.78, 5) is 13.2. The lowest BCUT2D eigenvalue weighted by atomic mass is 10.1. The molecular weight excluding hydrogens is 420 g/mol. The zero-order valence-electron chi connectivity index (χ0n) is 18.6. The van der Waals surface area contributed by atoms with Gasteiger partial charge in [-0.25, -0.2) is 0 Å². The third-order valence-electron chi connectivity index (χ3n) is 5.75. The molecule has 0 atom stereocenters. The van der Waals surface area contributed by atoms with Crippen molar-refractivity contribution in [3.05, 3.63) is 94.1 Å². The van der Waals surface area contributed by atoms with Gasteiger partial charge in [0.15, 0.2) is 0 Å². The van der Waals surface area contributed by atoms with Crippen LogP contribution >= 0.6 is 11.6 Å². The molecule has 0 aliphatic heterocycles. The summed E-state index contributed by atoms with van der Waals surface area (Å²) in [5.74, 6) is 0.636. The van der Waals surface area contributed by atoms with E-state index in [-0.39, 0.29) is 5.91 Å². The number of hydrogen-bond acceptors (Lipinski definition) is 2. The highest BCUT2D eigenvalue weighted by Crippen LogP contribution is 2.28. The van der Waals surface area contributed by atoms with Crippen LogP contribution in [0.25, 0.3) is 10.9 Å². The highest BCUT2D eigenvalue weighted by atomic mass is 35.5. The molecule has 1 heterocycles. The topological polar surface area (TPSA) is 43.3 Å². The summed E-state index contributed by atoms with van der Waals surface area (Å²) in [7, 11) is 0. The number of halogens is 1. The second-order valence-electron chi connectivity index (χ2n) is 7.82. The Kier molecular flexibility index (Phi) is 6.52. The van der Waals surface area contributed by atoms with E-state index in [4.69, 9.17) is 16.3 Å². The molecule has 164 valence electrons. The first-order valence-electron chi connectivity index (χ1n) is 10.9. The van der Waals surface area contributed by atoms with Gasteiger partial charge in [-0.15, -0.1) is 0 Å². The first-order chi connectivity index (χ1) is 15.5. The molecule has 5 heteroatoms. The molecule has 0 radical (unpaired) electrons. The predicted octanol–water partition coefficient (Wildman–Crippen LogP) is 7.02. The van der Waals surface area contributed by atoms with Crippen LogP contribution in [-0.4, -0.2) is 10.5 Å². The van der Waals surface area contributed by atoms with E-state index in [0.29, 0.717) is 17.3 Å². The predicted molar refractivity (Wildman–Crippen MR) is 132 cm³/mol. The van der Waals surface area contributed by atoms with Crippen molar-refractivity contribution in [2.75, 3.05) is 5.32 Å². The Morgan fingerprint density at radius 3 is 2.31 bits per heavy atom. The summed E-state index contributed by atoms with van der Waals surface area (Å²) in [5, 5.41) is 4.89. The maximum Gasteiger partial charge on any atom is 0.272 e. The average molecular weight is 447 g/mol. The minimum absolute atomic E-state index is 0.103. The van der Waals surface area contributed by atoms with Gasteiger partial charge in [-0.2, -0.15) is 0 Å². The minimum atomic E-state index is -0.103. The number of ether oxygens (including phenoxy) is 1. The normalized spacial score (nSPS) is 11.0. The number of fused-ring (bicyclic) bond motifs is 1. The summed E-state index contributed by atoms with van der Waals surface area (Å²) < 4.78 is 7.92. The van der Waals surface area contributed by atoms with Crippen molar-refractivity contribution in [2.24, 2.45) is 0 Å². The first kappa shape index (κ1) is 22.0. The Morgan fingerprint density at radius 1 is 0.969 bits per heavy atom. The van der Waals surface area contributed by atoms with Crippen molar-refractivity contribution in [1.82, 2.24) is 4.57 Å². The molecule has 1 amide bonds. The standard InChI is InChI=1S/C27H27ClN2O2/c1-4-19-8-15-25-24(16-19)18(3)26(30(25)5-2)27(31)29-22-11-13-23(14-12-22)32-17-20-6-9-21(28)10-7-20/h6-16H,4-5,17H2,1-3H3,(H,29,31). The van der Waals surface area contributed by atoms with Gasteiger partial charge >= 0.3 is 0 Å². The fraction of sp³-hybridized carbons (Fsp3) is 0.222. The Hall–Kier alpha value is -3.24. The lowest BCUT2D eigenvalue weighted by Crippen LogP contribution is -2.17. The number of amides is 1. The molecule has 3 aromatic carbocycles. The molecule has 0 saturated heterocycles. The number of aryl methyl sites for hydroxylation is 3. The van der Waals surface area contributed by atoms with Crippen LogP contribution < -0.4 is 10.1 Å². The van der Waals surface area contributed by atoms with Gasteiger partial charge in [0.1, 0.15) is 18.1 Å². The highest BCUT2D eigenvalue weighted by Gasteiger charge is 2.20. The Bertz CT molecular complexity index is 1240. The number of carbonyl (C=O) groups is 1. The third-order valence-corrected chi connectivity index (χ3v) is 6.00.